The minimum absolute atomic E-state index is 0.337. The van der Waals surface area contributed by atoms with Crippen LogP contribution in [0.2, 0.25) is 0 Å². The molecule has 4 bridgehead atoms. The van der Waals surface area contributed by atoms with Crippen LogP contribution in [0.5, 0.6) is 0 Å². The first-order valence-corrected chi connectivity index (χ1v) is 8.03. The van der Waals surface area contributed by atoms with E-state index in [-0.39, 0.29) is 0 Å². The fraction of sp³-hybridized carbons (Fsp3) is 0.647. The molecular weight excluding hydrogens is 247 g/mol. The third-order valence-corrected chi connectivity index (χ3v) is 6.17. The molecule has 0 radical (unpaired) electrons. The van der Waals surface area contributed by atoms with Gasteiger partial charge in [0, 0.05) is 0 Å². The Balaban J connectivity index is 1.78. The highest BCUT2D eigenvalue weighted by atomic mass is 16.4. The number of benzene rings is 1. The molecule has 2 nitrogen and oxygen atoms in total. The minimum Gasteiger partial charge on any atom is -0.423 e. The summed E-state index contributed by atoms with van der Waals surface area (Å²) in [6, 6.07) is 6.00. The van der Waals surface area contributed by atoms with E-state index >= 15 is 0 Å². The predicted molar refractivity (Wildman–Crippen MR) is 80.9 cm³/mol. The zero-order valence-electron chi connectivity index (χ0n) is 12.2. The molecule has 20 heavy (non-hydrogen) atoms. The molecule has 4 aliphatic carbocycles. The van der Waals surface area contributed by atoms with Crippen molar-refractivity contribution in [3.8, 4) is 0 Å². The summed E-state index contributed by atoms with van der Waals surface area (Å²) in [6.07, 6.45) is 8.31. The van der Waals surface area contributed by atoms with Crippen molar-refractivity contribution in [1.82, 2.24) is 0 Å². The normalized spacial score (nSPS) is 38.2. The lowest BCUT2D eigenvalue weighted by atomic mass is 9.47. The maximum atomic E-state index is 9.48. The highest BCUT2D eigenvalue weighted by molar-refractivity contribution is 6.58. The summed E-state index contributed by atoms with van der Waals surface area (Å²) in [5, 5.41) is 19.0. The molecule has 0 unspecified atom stereocenters. The second-order valence-electron chi connectivity index (χ2n) is 7.65. The highest BCUT2D eigenvalue weighted by Gasteiger charge is 2.52. The van der Waals surface area contributed by atoms with Crippen LogP contribution in [0.25, 0.3) is 0 Å². The van der Waals surface area contributed by atoms with Crippen molar-refractivity contribution in [2.45, 2.75) is 50.9 Å². The molecule has 4 aliphatic rings. The van der Waals surface area contributed by atoms with Gasteiger partial charge < -0.3 is 10.0 Å². The summed E-state index contributed by atoms with van der Waals surface area (Å²) in [5.41, 5.74) is 3.73. The lowest BCUT2D eigenvalue weighted by Gasteiger charge is -2.57. The van der Waals surface area contributed by atoms with Gasteiger partial charge in [-0.15, -0.1) is 0 Å². The second kappa shape index (κ2) is 4.35. The second-order valence-corrected chi connectivity index (χ2v) is 7.65. The maximum absolute atomic E-state index is 9.48. The summed E-state index contributed by atoms with van der Waals surface area (Å²) in [7, 11) is -1.34. The van der Waals surface area contributed by atoms with E-state index in [9.17, 15) is 10.0 Å². The quantitative estimate of drug-likeness (QED) is 0.808. The minimum atomic E-state index is -1.34. The predicted octanol–water partition coefficient (Wildman–Crippen LogP) is 2.14. The molecule has 0 amide bonds. The Hall–Kier alpha value is -0.795. The van der Waals surface area contributed by atoms with Gasteiger partial charge in [0.05, 0.1) is 0 Å². The van der Waals surface area contributed by atoms with Crippen LogP contribution in [0.15, 0.2) is 18.2 Å². The molecule has 1 aromatic carbocycles. The molecule has 0 spiro atoms. The van der Waals surface area contributed by atoms with Crippen LogP contribution in [0, 0.1) is 24.7 Å². The molecule has 3 heteroatoms. The molecule has 2 N–H and O–H groups in total. The third-order valence-electron chi connectivity index (χ3n) is 6.17. The molecule has 0 aromatic heterocycles. The largest absolute Gasteiger partial charge is 0.488 e. The van der Waals surface area contributed by atoms with Crippen molar-refractivity contribution in [2.75, 3.05) is 0 Å². The summed E-state index contributed by atoms with van der Waals surface area (Å²) < 4.78 is 0. The molecule has 0 aliphatic heterocycles. The fourth-order valence-corrected chi connectivity index (χ4v) is 5.81. The molecule has 4 saturated carbocycles. The van der Waals surface area contributed by atoms with E-state index in [1.54, 1.807) is 0 Å². The summed E-state index contributed by atoms with van der Waals surface area (Å²) in [5.74, 6) is 2.76. The lowest BCUT2D eigenvalue weighted by molar-refractivity contribution is -0.00543. The SMILES string of the molecule is Cc1ccc(B(O)O)cc1C12CC3CC(CC(C3)C1)C2. The van der Waals surface area contributed by atoms with Gasteiger partial charge in [0.1, 0.15) is 0 Å². The van der Waals surface area contributed by atoms with Crippen LogP contribution < -0.4 is 5.46 Å². The van der Waals surface area contributed by atoms with Crippen LogP contribution in [0.3, 0.4) is 0 Å². The summed E-state index contributed by atoms with van der Waals surface area (Å²) in [6.45, 7) is 2.18. The van der Waals surface area contributed by atoms with Crippen molar-refractivity contribution in [3.63, 3.8) is 0 Å². The van der Waals surface area contributed by atoms with E-state index in [4.69, 9.17) is 0 Å². The molecule has 0 saturated heterocycles. The van der Waals surface area contributed by atoms with Crippen LogP contribution in [-0.4, -0.2) is 17.2 Å². The van der Waals surface area contributed by atoms with Crippen LogP contribution in [0.1, 0.15) is 49.7 Å². The molecular formula is C17H23BO2. The molecule has 5 rings (SSSR count). The Bertz CT molecular complexity index is 503. The average molecular weight is 270 g/mol. The first-order valence-electron chi connectivity index (χ1n) is 8.03. The van der Waals surface area contributed by atoms with Gasteiger partial charge in [-0.05, 0) is 85.2 Å². The number of hydrogen-bond donors (Lipinski definition) is 2. The number of rotatable bonds is 2. The average Bonchev–Trinajstić information content (AvgIpc) is 2.37. The summed E-state index contributed by atoms with van der Waals surface area (Å²) >= 11 is 0. The van der Waals surface area contributed by atoms with Gasteiger partial charge in [0.15, 0.2) is 0 Å². The van der Waals surface area contributed by atoms with E-state index < -0.39 is 7.12 Å². The zero-order valence-corrected chi connectivity index (χ0v) is 12.2. The number of hydrogen-bond acceptors (Lipinski definition) is 2. The van der Waals surface area contributed by atoms with Gasteiger partial charge >= 0.3 is 7.12 Å². The third kappa shape index (κ3) is 1.87. The van der Waals surface area contributed by atoms with E-state index in [2.05, 4.69) is 19.1 Å². The molecule has 1 aromatic rings. The van der Waals surface area contributed by atoms with Crippen molar-refractivity contribution in [2.24, 2.45) is 17.8 Å². The van der Waals surface area contributed by atoms with Crippen molar-refractivity contribution < 1.29 is 10.0 Å². The van der Waals surface area contributed by atoms with Gasteiger partial charge in [0.25, 0.3) is 0 Å². The molecule has 0 atom stereocenters. The number of aryl methyl sites for hydroxylation is 1. The molecule has 106 valence electrons. The van der Waals surface area contributed by atoms with Crippen molar-refractivity contribution >= 4 is 12.6 Å². The smallest absolute Gasteiger partial charge is 0.423 e. The van der Waals surface area contributed by atoms with Gasteiger partial charge in [-0.1, -0.05) is 18.2 Å². The Morgan fingerprint density at radius 2 is 1.55 bits per heavy atom. The van der Waals surface area contributed by atoms with E-state index in [0.717, 1.165) is 17.8 Å². The van der Waals surface area contributed by atoms with Gasteiger partial charge in [0.2, 0.25) is 0 Å². The first kappa shape index (κ1) is 12.9. The molecule has 0 heterocycles. The standard InChI is InChI=1S/C17H23BO2/c1-11-2-3-15(18(19)20)7-16(11)17-8-12-4-13(9-17)6-14(5-12)10-17/h2-3,7,12-14,19-20H,4-6,8-10H2,1H3. The van der Waals surface area contributed by atoms with Crippen LogP contribution in [-0.2, 0) is 5.41 Å². The van der Waals surface area contributed by atoms with Crippen LogP contribution in [0.4, 0.5) is 0 Å². The maximum Gasteiger partial charge on any atom is 0.488 e. The monoisotopic (exact) mass is 270 g/mol. The zero-order chi connectivity index (χ0) is 13.9. The van der Waals surface area contributed by atoms with Crippen molar-refractivity contribution in [1.29, 1.82) is 0 Å². The van der Waals surface area contributed by atoms with Gasteiger partial charge in [-0.2, -0.15) is 0 Å². The van der Waals surface area contributed by atoms with Gasteiger partial charge in [-0.3, -0.25) is 0 Å². The summed E-state index contributed by atoms with van der Waals surface area (Å²) in [4.78, 5) is 0. The van der Waals surface area contributed by atoms with E-state index in [0.29, 0.717) is 10.9 Å². The van der Waals surface area contributed by atoms with Gasteiger partial charge in [-0.25, -0.2) is 0 Å². The first-order chi connectivity index (χ1) is 9.56. The Kier molecular flexibility index (Phi) is 2.81. The lowest BCUT2D eigenvalue weighted by Crippen LogP contribution is -2.49. The topological polar surface area (TPSA) is 40.5 Å². The Morgan fingerprint density at radius 3 is 2.05 bits per heavy atom. The Labute approximate surface area is 121 Å². The Morgan fingerprint density at radius 1 is 1.00 bits per heavy atom. The van der Waals surface area contributed by atoms with Crippen LogP contribution >= 0.6 is 0 Å². The van der Waals surface area contributed by atoms with E-state index in [1.165, 1.54) is 49.7 Å². The van der Waals surface area contributed by atoms with E-state index in [1.807, 2.05) is 6.07 Å². The fourth-order valence-electron chi connectivity index (χ4n) is 5.81. The highest BCUT2D eigenvalue weighted by Crippen LogP contribution is 2.60. The molecule has 4 fully saturated rings. The van der Waals surface area contributed by atoms with Crippen molar-refractivity contribution in [3.05, 3.63) is 29.3 Å².